The van der Waals surface area contributed by atoms with Gasteiger partial charge >= 0.3 is 0 Å². The number of halogens is 3. The van der Waals surface area contributed by atoms with Gasteiger partial charge in [0.05, 0.1) is 15.4 Å². The molecule has 0 bridgehead atoms. The summed E-state index contributed by atoms with van der Waals surface area (Å²) in [7, 11) is -6.95. The number of carbonyl (C=O) groups excluding carboxylic acids is 1. The fourth-order valence-electron chi connectivity index (χ4n) is 2.64. The third-order valence-electron chi connectivity index (χ3n) is 4.36. The van der Waals surface area contributed by atoms with E-state index in [1.807, 2.05) is 0 Å². The third kappa shape index (κ3) is 5.50. The number of carbonyl (C=O) groups is 1. The Morgan fingerprint density at radius 1 is 0.697 bits per heavy atom. The van der Waals surface area contributed by atoms with Crippen LogP contribution in [-0.4, -0.2) is 29.8 Å². The lowest BCUT2D eigenvalue weighted by molar-refractivity contribution is 0.102. The number of rotatable bonds is 7. The monoisotopic (exact) mass is 499 g/mol. The molecule has 3 N–H and O–H groups in total. The maximum atomic E-state index is 14.1. The van der Waals surface area contributed by atoms with E-state index >= 15 is 0 Å². The van der Waals surface area contributed by atoms with Crippen molar-refractivity contribution in [2.75, 3.05) is 17.1 Å². The molecular formula is C20H16F3N3O5S2. The van der Waals surface area contributed by atoms with E-state index < -0.39 is 53.9 Å². The molecular weight excluding hydrogens is 483 g/mol. The SMILES string of the molecule is CNS(=O)(=O)c1ccc(F)c(C(=O)Nc2ccc(NS(=O)(=O)c3ccc(F)c(F)c3)cc2)c1. The standard InChI is InChI=1S/C20H16F3N3O5S2/c1-24-32(28,29)14-6-8-17(21)16(10-14)20(27)25-12-2-4-13(5-3-12)26-33(30,31)15-7-9-18(22)19(23)11-15/h2-11,24,26H,1H3,(H,25,27). The molecule has 0 fully saturated rings. The Kier molecular flexibility index (Phi) is 6.76. The molecule has 0 spiro atoms. The summed E-state index contributed by atoms with van der Waals surface area (Å²) >= 11 is 0. The fraction of sp³-hybridized carbons (Fsp3) is 0.0500. The quantitative estimate of drug-likeness (QED) is 0.461. The number of benzene rings is 3. The number of sulfonamides is 2. The lowest BCUT2D eigenvalue weighted by Gasteiger charge is -2.11. The van der Waals surface area contributed by atoms with E-state index in [0.29, 0.717) is 12.1 Å². The maximum absolute atomic E-state index is 14.1. The number of amides is 1. The van der Waals surface area contributed by atoms with Crippen molar-refractivity contribution in [3.63, 3.8) is 0 Å². The van der Waals surface area contributed by atoms with Gasteiger partial charge < -0.3 is 5.32 Å². The smallest absolute Gasteiger partial charge is 0.261 e. The van der Waals surface area contributed by atoms with Crippen LogP contribution in [0, 0.1) is 17.5 Å². The van der Waals surface area contributed by atoms with E-state index in [9.17, 15) is 34.8 Å². The predicted octanol–water partition coefficient (Wildman–Crippen LogP) is 3.07. The average molecular weight is 499 g/mol. The number of nitrogens with one attached hydrogen (secondary N) is 3. The molecule has 1 amide bonds. The summed E-state index contributed by atoms with van der Waals surface area (Å²) in [6.07, 6.45) is 0. The van der Waals surface area contributed by atoms with Crippen LogP contribution in [0.5, 0.6) is 0 Å². The number of hydrogen-bond acceptors (Lipinski definition) is 5. The Morgan fingerprint density at radius 3 is 1.82 bits per heavy atom. The summed E-state index contributed by atoms with van der Waals surface area (Å²) in [5.74, 6) is -4.40. The molecule has 3 aromatic rings. The summed E-state index contributed by atoms with van der Waals surface area (Å²) < 4.78 is 93.1. The fourth-order valence-corrected chi connectivity index (χ4v) is 4.47. The molecule has 174 valence electrons. The van der Waals surface area contributed by atoms with E-state index in [0.717, 1.165) is 24.3 Å². The summed E-state index contributed by atoms with van der Waals surface area (Å²) in [6.45, 7) is 0. The Hall–Kier alpha value is -3.42. The van der Waals surface area contributed by atoms with Crippen LogP contribution < -0.4 is 14.8 Å². The minimum atomic E-state index is -4.21. The molecule has 3 aromatic carbocycles. The van der Waals surface area contributed by atoms with Gasteiger partial charge in [-0.1, -0.05) is 0 Å². The lowest BCUT2D eigenvalue weighted by atomic mass is 10.2. The van der Waals surface area contributed by atoms with Crippen LogP contribution in [0.4, 0.5) is 24.5 Å². The van der Waals surface area contributed by atoms with Crippen LogP contribution >= 0.6 is 0 Å². The van der Waals surface area contributed by atoms with Crippen LogP contribution in [-0.2, 0) is 20.0 Å². The molecule has 33 heavy (non-hydrogen) atoms. The van der Waals surface area contributed by atoms with Gasteiger partial charge in [-0.2, -0.15) is 0 Å². The van der Waals surface area contributed by atoms with E-state index in [1.54, 1.807) is 0 Å². The highest BCUT2D eigenvalue weighted by molar-refractivity contribution is 7.92. The van der Waals surface area contributed by atoms with Gasteiger partial charge in [-0.3, -0.25) is 9.52 Å². The average Bonchev–Trinajstić information content (AvgIpc) is 2.76. The van der Waals surface area contributed by atoms with Crippen molar-refractivity contribution in [2.45, 2.75) is 9.79 Å². The first-order valence-electron chi connectivity index (χ1n) is 9.05. The zero-order valence-electron chi connectivity index (χ0n) is 16.8. The van der Waals surface area contributed by atoms with Gasteiger partial charge in [-0.05, 0) is 67.7 Å². The van der Waals surface area contributed by atoms with Crippen LogP contribution in [0.3, 0.4) is 0 Å². The second-order valence-corrected chi connectivity index (χ2v) is 10.1. The Bertz CT molecular complexity index is 1430. The zero-order chi connectivity index (χ0) is 24.4. The zero-order valence-corrected chi connectivity index (χ0v) is 18.4. The van der Waals surface area contributed by atoms with Gasteiger partial charge in [-0.15, -0.1) is 0 Å². The summed E-state index contributed by atoms with van der Waals surface area (Å²) in [4.78, 5) is 11.6. The maximum Gasteiger partial charge on any atom is 0.261 e. The van der Waals surface area contributed by atoms with Gasteiger partial charge in [0.25, 0.3) is 15.9 Å². The normalized spacial score (nSPS) is 11.8. The first kappa shape index (κ1) is 24.2. The molecule has 0 aliphatic rings. The van der Waals surface area contributed by atoms with Crippen molar-refractivity contribution in [2.24, 2.45) is 0 Å². The first-order chi connectivity index (χ1) is 15.4. The van der Waals surface area contributed by atoms with Gasteiger partial charge in [0.2, 0.25) is 10.0 Å². The van der Waals surface area contributed by atoms with E-state index in [-0.39, 0.29) is 16.3 Å². The molecule has 0 aliphatic heterocycles. The van der Waals surface area contributed by atoms with Crippen LogP contribution in [0.25, 0.3) is 0 Å². The Morgan fingerprint density at radius 2 is 1.24 bits per heavy atom. The van der Waals surface area contributed by atoms with Crippen molar-refractivity contribution in [3.8, 4) is 0 Å². The van der Waals surface area contributed by atoms with E-state index in [4.69, 9.17) is 0 Å². The van der Waals surface area contributed by atoms with E-state index in [2.05, 4.69) is 14.8 Å². The van der Waals surface area contributed by atoms with Crippen molar-refractivity contribution < 1.29 is 34.8 Å². The molecule has 0 aromatic heterocycles. The highest BCUT2D eigenvalue weighted by atomic mass is 32.2. The molecule has 0 radical (unpaired) electrons. The minimum Gasteiger partial charge on any atom is -0.322 e. The molecule has 0 saturated carbocycles. The predicted molar refractivity (Wildman–Crippen MR) is 114 cm³/mol. The van der Waals surface area contributed by atoms with Crippen LogP contribution in [0.2, 0.25) is 0 Å². The number of hydrogen-bond donors (Lipinski definition) is 3. The highest BCUT2D eigenvalue weighted by Crippen LogP contribution is 2.21. The Balaban J connectivity index is 1.76. The summed E-state index contributed by atoms with van der Waals surface area (Å²) in [5, 5.41) is 2.37. The first-order valence-corrected chi connectivity index (χ1v) is 12.0. The summed E-state index contributed by atoms with van der Waals surface area (Å²) in [6, 6.07) is 9.96. The van der Waals surface area contributed by atoms with Crippen LogP contribution in [0.1, 0.15) is 10.4 Å². The molecule has 3 rings (SSSR count). The van der Waals surface area contributed by atoms with Gasteiger partial charge in [0.15, 0.2) is 11.6 Å². The van der Waals surface area contributed by atoms with Crippen molar-refractivity contribution in [3.05, 3.63) is 83.7 Å². The second-order valence-electron chi connectivity index (χ2n) is 6.56. The van der Waals surface area contributed by atoms with Crippen molar-refractivity contribution in [1.29, 1.82) is 0 Å². The van der Waals surface area contributed by atoms with Gasteiger partial charge in [0.1, 0.15) is 5.82 Å². The Labute approximate surface area is 187 Å². The lowest BCUT2D eigenvalue weighted by Crippen LogP contribution is -2.20. The number of anilines is 2. The van der Waals surface area contributed by atoms with Gasteiger partial charge in [0, 0.05) is 11.4 Å². The molecule has 0 unspecified atom stereocenters. The van der Waals surface area contributed by atoms with Gasteiger partial charge in [-0.25, -0.2) is 34.7 Å². The van der Waals surface area contributed by atoms with Crippen LogP contribution in [0.15, 0.2) is 70.5 Å². The molecule has 0 heterocycles. The third-order valence-corrected chi connectivity index (χ3v) is 7.15. The molecule has 0 atom stereocenters. The second kappa shape index (κ2) is 9.21. The van der Waals surface area contributed by atoms with Crippen molar-refractivity contribution >= 4 is 37.3 Å². The molecule has 0 aliphatic carbocycles. The topological polar surface area (TPSA) is 121 Å². The molecule has 0 saturated heterocycles. The minimum absolute atomic E-state index is 0.0472. The largest absolute Gasteiger partial charge is 0.322 e. The molecule has 8 nitrogen and oxygen atoms in total. The highest BCUT2D eigenvalue weighted by Gasteiger charge is 2.19. The molecule has 13 heteroatoms. The summed E-state index contributed by atoms with van der Waals surface area (Å²) in [5.41, 5.74) is -0.322. The van der Waals surface area contributed by atoms with E-state index in [1.165, 1.54) is 31.3 Å². The van der Waals surface area contributed by atoms with Crippen molar-refractivity contribution in [1.82, 2.24) is 4.72 Å².